The van der Waals surface area contributed by atoms with Crippen molar-refractivity contribution in [1.82, 2.24) is 15.5 Å². The summed E-state index contributed by atoms with van der Waals surface area (Å²) in [6.07, 6.45) is 3.67. The minimum absolute atomic E-state index is 0.0810. The molecule has 0 saturated heterocycles. The predicted molar refractivity (Wildman–Crippen MR) is 103 cm³/mol. The number of amides is 1. The van der Waals surface area contributed by atoms with Gasteiger partial charge in [-0.3, -0.25) is 4.79 Å². The monoisotopic (exact) mass is 361 g/mol. The molecule has 1 N–H and O–H groups in total. The van der Waals surface area contributed by atoms with Crippen LogP contribution >= 0.6 is 0 Å². The number of nitrogens with zero attached hydrogens (tertiary/aromatic N) is 2. The highest BCUT2D eigenvalue weighted by Gasteiger charge is 2.29. The van der Waals surface area contributed by atoms with Crippen molar-refractivity contribution in [2.75, 3.05) is 0 Å². The number of benzene rings is 2. The van der Waals surface area contributed by atoms with Crippen LogP contribution in [0.2, 0.25) is 0 Å². The molecule has 27 heavy (non-hydrogen) atoms. The van der Waals surface area contributed by atoms with Crippen LogP contribution in [0.5, 0.6) is 0 Å². The van der Waals surface area contributed by atoms with Crippen molar-refractivity contribution in [3.8, 4) is 11.4 Å². The first kappa shape index (κ1) is 17.5. The Kier molecular flexibility index (Phi) is 5.01. The van der Waals surface area contributed by atoms with Crippen molar-refractivity contribution in [3.63, 3.8) is 0 Å². The summed E-state index contributed by atoms with van der Waals surface area (Å²) < 4.78 is 5.55. The Morgan fingerprint density at radius 3 is 2.70 bits per heavy atom. The number of rotatable bonds is 6. The van der Waals surface area contributed by atoms with E-state index < -0.39 is 0 Å². The minimum atomic E-state index is -0.327. The van der Waals surface area contributed by atoms with Gasteiger partial charge in [-0.2, -0.15) is 4.98 Å². The Bertz CT molecular complexity index is 916. The molecule has 5 nitrogen and oxygen atoms in total. The van der Waals surface area contributed by atoms with Gasteiger partial charge in [0.1, 0.15) is 6.04 Å². The van der Waals surface area contributed by atoms with E-state index in [2.05, 4.69) is 15.5 Å². The molecule has 1 amide bonds. The topological polar surface area (TPSA) is 68.0 Å². The average Bonchev–Trinajstić information content (AvgIpc) is 3.11. The van der Waals surface area contributed by atoms with Gasteiger partial charge in [0, 0.05) is 17.9 Å². The number of aryl methyl sites for hydroxylation is 1. The predicted octanol–water partition coefficient (Wildman–Crippen LogP) is 4.25. The zero-order valence-electron chi connectivity index (χ0n) is 15.4. The number of carbonyl (C=O) groups excluding carboxylic acids is 1. The fourth-order valence-electron chi connectivity index (χ4n) is 3.29. The van der Waals surface area contributed by atoms with Crippen molar-refractivity contribution in [2.45, 2.75) is 38.6 Å². The Morgan fingerprint density at radius 1 is 1.19 bits per heavy atom. The van der Waals surface area contributed by atoms with Crippen molar-refractivity contribution in [2.24, 2.45) is 5.92 Å². The Morgan fingerprint density at radius 2 is 2.00 bits per heavy atom. The summed E-state index contributed by atoms with van der Waals surface area (Å²) in [7, 11) is 0. The molecule has 1 aliphatic carbocycles. The Balaban J connectivity index is 1.58. The highest BCUT2D eigenvalue weighted by atomic mass is 16.5. The second-order valence-electron chi connectivity index (χ2n) is 7.20. The van der Waals surface area contributed by atoms with E-state index in [1.165, 1.54) is 0 Å². The van der Waals surface area contributed by atoms with Gasteiger partial charge >= 0.3 is 0 Å². The van der Waals surface area contributed by atoms with E-state index >= 15 is 0 Å². The van der Waals surface area contributed by atoms with E-state index in [9.17, 15) is 4.79 Å². The number of aromatic nitrogens is 2. The zero-order valence-corrected chi connectivity index (χ0v) is 15.4. The molecular formula is C22H23N3O2. The van der Waals surface area contributed by atoms with Gasteiger partial charge < -0.3 is 9.84 Å². The molecule has 1 unspecified atom stereocenters. The second-order valence-corrected chi connectivity index (χ2v) is 7.20. The van der Waals surface area contributed by atoms with E-state index in [-0.39, 0.29) is 17.9 Å². The van der Waals surface area contributed by atoms with Gasteiger partial charge in [-0.25, -0.2) is 0 Å². The lowest BCUT2D eigenvalue weighted by Crippen LogP contribution is -2.37. The molecule has 0 spiro atoms. The molecule has 1 aromatic heterocycles. The summed E-state index contributed by atoms with van der Waals surface area (Å²) in [6.45, 7) is 2.03. The third-order valence-electron chi connectivity index (χ3n) is 5.09. The molecule has 138 valence electrons. The van der Waals surface area contributed by atoms with Gasteiger partial charge in [0.05, 0.1) is 0 Å². The van der Waals surface area contributed by atoms with Crippen molar-refractivity contribution in [3.05, 3.63) is 71.6 Å². The molecule has 0 radical (unpaired) electrons. The fourth-order valence-corrected chi connectivity index (χ4v) is 3.29. The molecular weight excluding hydrogens is 338 g/mol. The average molecular weight is 361 g/mol. The number of nitrogens with one attached hydrogen (secondary N) is 1. The Hall–Kier alpha value is -2.95. The van der Waals surface area contributed by atoms with E-state index in [1.54, 1.807) is 0 Å². The van der Waals surface area contributed by atoms with Crippen LogP contribution in [0.3, 0.4) is 0 Å². The molecule has 0 bridgehead atoms. The first-order valence-corrected chi connectivity index (χ1v) is 9.44. The fraction of sp³-hybridized carbons (Fsp3) is 0.318. The lowest BCUT2D eigenvalue weighted by Gasteiger charge is -2.26. The lowest BCUT2D eigenvalue weighted by atomic mass is 9.84. The smallest absolute Gasteiger partial charge is 0.249 e. The van der Waals surface area contributed by atoms with Gasteiger partial charge in [-0.05, 0) is 31.4 Å². The van der Waals surface area contributed by atoms with Crippen LogP contribution in [0.4, 0.5) is 0 Å². The van der Waals surface area contributed by atoms with Gasteiger partial charge in [0.25, 0.3) is 0 Å². The summed E-state index contributed by atoms with van der Waals surface area (Å²) in [5.41, 5.74) is 3.17. The number of carbonyl (C=O) groups is 1. The standard InChI is InChI=1S/C22H23N3O2/c1-15-7-5-12-18(13-15)20-24-22(27-25-20)19(14-16-8-3-2-4-9-16)23-21(26)17-10-6-11-17/h2-5,7-9,12-13,17,19H,6,10-11,14H2,1H3,(H,23,26). The summed E-state index contributed by atoms with van der Waals surface area (Å²) in [6, 6.07) is 17.7. The van der Waals surface area contributed by atoms with E-state index in [1.807, 2.05) is 61.5 Å². The third kappa shape index (κ3) is 4.08. The highest BCUT2D eigenvalue weighted by Crippen LogP contribution is 2.28. The molecule has 1 aliphatic rings. The summed E-state index contributed by atoms with van der Waals surface area (Å²) in [4.78, 5) is 17.1. The first-order chi connectivity index (χ1) is 13.2. The third-order valence-corrected chi connectivity index (χ3v) is 5.09. The van der Waals surface area contributed by atoms with E-state index in [0.717, 1.165) is 36.0 Å². The first-order valence-electron chi connectivity index (χ1n) is 9.44. The van der Waals surface area contributed by atoms with Crippen molar-refractivity contribution < 1.29 is 9.32 Å². The maximum Gasteiger partial charge on any atom is 0.249 e. The highest BCUT2D eigenvalue weighted by molar-refractivity contribution is 5.79. The van der Waals surface area contributed by atoms with Crippen molar-refractivity contribution >= 4 is 5.91 Å². The molecule has 1 fully saturated rings. The lowest BCUT2D eigenvalue weighted by molar-refractivity contribution is -0.128. The molecule has 0 aliphatic heterocycles. The van der Waals surface area contributed by atoms with Gasteiger partial charge in [0.15, 0.2) is 0 Å². The van der Waals surface area contributed by atoms with Crippen LogP contribution in [-0.2, 0) is 11.2 Å². The maximum absolute atomic E-state index is 12.5. The largest absolute Gasteiger partial charge is 0.344 e. The van der Waals surface area contributed by atoms with E-state index in [0.29, 0.717) is 18.1 Å². The van der Waals surface area contributed by atoms with Gasteiger partial charge in [0.2, 0.25) is 17.6 Å². The molecule has 1 heterocycles. The number of hydrogen-bond acceptors (Lipinski definition) is 4. The zero-order chi connectivity index (χ0) is 18.6. The normalized spacial score (nSPS) is 15.1. The van der Waals surface area contributed by atoms with Crippen LogP contribution in [0.15, 0.2) is 59.1 Å². The molecule has 3 aromatic rings. The Labute approximate surface area is 158 Å². The quantitative estimate of drug-likeness (QED) is 0.713. The maximum atomic E-state index is 12.5. The van der Waals surface area contributed by atoms with Crippen LogP contribution < -0.4 is 5.32 Å². The van der Waals surface area contributed by atoms with Gasteiger partial charge in [-0.1, -0.05) is 65.7 Å². The summed E-state index contributed by atoms with van der Waals surface area (Å²) in [5.74, 6) is 1.19. The second kappa shape index (κ2) is 7.74. The van der Waals surface area contributed by atoms with Crippen LogP contribution in [-0.4, -0.2) is 16.0 Å². The van der Waals surface area contributed by atoms with Crippen molar-refractivity contribution in [1.29, 1.82) is 0 Å². The summed E-state index contributed by atoms with van der Waals surface area (Å²) in [5, 5.41) is 7.26. The van der Waals surface area contributed by atoms with E-state index in [4.69, 9.17) is 4.52 Å². The van der Waals surface area contributed by atoms with Crippen LogP contribution in [0.1, 0.15) is 42.3 Å². The molecule has 1 saturated carbocycles. The SMILES string of the molecule is Cc1cccc(-c2noc(C(Cc3ccccc3)NC(=O)C3CCC3)n2)c1. The molecule has 4 rings (SSSR count). The number of hydrogen-bond donors (Lipinski definition) is 1. The summed E-state index contributed by atoms with van der Waals surface area (Å²) >= 11 is 0. The minimum Gasteiger partial charge on any atom is -0.344 e. The molecule has 2 aromatic carbocycles. The van der Waals surface area contributed by atoms with Crippen LogP contribution in [0, 0.1) is 12.8 Å². The van der Waals surface area contributed by atoms with Crippen LogP contribution in [0.25, 0.3) is 11.4 Å². The molecule has 5 heteroatoms. The molecule has 1 atom stereocenters. The van der Waals surface area contributed by atoms with Gasteiger partial charge in [-0.15, -0.1) is 0 Å².